The van der Waals surface area contributed by atoms with E-state index in [0.29, 0.717) is 23.5 Å². The summed E-state index contributed by atoms with van der Waals surface area (Å²) in [6, 6.07) is 5.35. The molecule has 0 saturated carbocycles. The van der Waals surface area contributed by atoms with E-state index in [0.717, 1.165) is 29.9 Å². The Balaban J connectivity index is 2.07. The Morgan fingerprint density at radius 3 is 2.64 bits per heavy atom. The first kappa shape index (κ1) is 19.3. The topological polar surface area (TPSA) is 38.3 Å². The lowest BCUT2D eigenvalue weighted by Crippen LogP contribution is -2.09. The maximum Gasteiger partial charge on any atom is 0.416 e. The lowest BCUT2D eigenvalue weighted by atomic mass is 10.1. The van der Waals surface area contributed by atoms with Crippen molar-refractivity contribution < 1.29 is 22.7 Å². The van der Waals surface area contributed by atoms with Gasteiger partial charge in [0.2, 0.25) is 0 Å². The molecule has 0 unspecified atom stereocenters. The van der Waals surface area contributed by atoms with Crippen molar-refractivity contribution in [3.63, 3.8) is 0 Å². The maximum atomic E-state index is 12.7. The second-order valence-electron chi connectivity index (χ2n) is 5.66. The summed E-state index contributed by atoms with van der Waals surface area (Å²) in [4.78, 5) is 12.6. The predicted octanol–water partition coefficient (Wildman–Crippen LogP) is 5.70. The highest BCUT2D eigenvalue weighted by atomic mass is 32.1. The average molecular weight is 371 g/mol. The monoisotopic (exact) mass is 371 g/mol. The minimum atomic E-state index is -4.36. The van der Waals surface area contributed by atoms with Gasteiger partial charge in [-0.15, -0.1) is 11.3 Å². The number of carbonyl (C=O) groups is 1. The van der Waals surface area contributed by atoms with Crippen LogP contribution in [0.5, 0.6) is 0 Å². The fraction of sp³-hybridized carbons (Fsp3) is 0.389. The van der Waals surface area contributed by atoms with Crippen LogP contribution in [0.4, 0.5) is 24.5 Å². The number of thiophene rings is 1. The molecule has 0 spiro atoms. The van der Waals surface area contributed by atoms with E-state index < -0.39 is 11.7 Å². The van der Waals surface area contributed by atoms with Gasteiger partial charge in [-0.05, 0) is 48.6 Å². The second kappa shape index (κ2) is 8.38. The first-order valence-electron chi connectivity index (χ1n) is 7.98. The summed E-state index contributed by atoms with van der Waals surface area (Å²) < 4.78 is 43.4. The second-order valence-corrected chi connectivity index (χ2v) is 6.66. The number of unbranched alkanes of at least 4 members (excludes halogenated alkanes) is 1. The molecule has 2 aromatic rings. The van der Waals surface area contributed by atoms with Gasteiger partial charge >= 0.3 is 12.1 Å². The van der Waals surface area contributed by atoms with Crippen LogP contribution in [0.1, 0.15) is 35.8 Å². The van der Waals surface area contributed by atoms with Gasteiger partial charge in [0.1, 0.15) is 0 Å². The molecular weight excluding hydrogens is 351 g/mol. The average Bonchev–Trinajstić information content (AvgIpc) is 2.95. The van der Waals surface area contributed by atoms with E-state index in [1.54, 1.807) is 13.0 Å². The lowest BCUT2D eigenvalue weighted by Gasteiger charge is -2.13. The molecule has 0 aliphatic heterocycles. The van der Waals surface area contributed by atoms with Crippen molar-refractivity contribution in [1.29, 1.82) is 0 Å². The standard InChI is InChI=1S/C18H20F3NO2S/c1-3-4-8-24-17(23)11-16-15(7-9-25-16)22-14-6-5-13(10-12(14)2)18(19,20)21/h5-7,9-10,22H,3-4,8,11H2,1-2H3. The zero-order chi connectivity index (χ0) is 18.4. The van der Waals surface area contributed by atoms with Crippen LogP contribution in [-0.2, 0) is 22.1 Å². The van der Waals surface area contributed by atoms with Crippen molar-refractivity contribution >= 4 is 28.7 Å². The third kappa shape index (κ3) is 5.49. The van der Waals surface area contributed by atoms with E-state index in [-0.39, 0.29) is 12.4 Å². The number of esters is 1. The normalized spacial score (nSPS) is 11.4. The molecule has 0 aliphatic carbocycles. The summed E-state index contributed by atoms with van der Waals surface area (Å²) in [5, 5.41) is 4.94. The number of hydrogen-bond acceptors (Lipinski definition) is 4. The Morgan fingerprint density at radius 2 is 2.00 bits per heavy atom. The fourth-order valence-electron chi connectivity index (χ4n) is 2.23. The van der Waals surface area contributed by atoms with Crippen LogP contribution < -0.4 is 5.32 Å². The van der Waals surface area contributed by atoms with Crippen LogP contribution in [0.25, 0.3) is 0 Å². The van der Waals surface area contributed by atoms with E-state index in [2.05, 4.69) is 5.32 Å². The number of aryl methyl sites for hydroxylation is 1. The van der Waals surface area contributed by atoms with Gasteiger partial charge in [0.05, 0.1) is 24.3 Å². The molecule has 0 bridgehead atoms. The van der Waals surface area contributed by atoms with Crippen LogP contribution in [0, 0.1) is 6.92 Å². The van der Waals surface area contributed by atoms with Crippen molar-refractivity contribution in [3.8, 4) is 0 Å². The molecule has 0 amide bonds. The number of carbonyl (C=O) groups excluding carboxylic acids is 1. The molecule has 1 heterocycles. The van der Waals surface area contributed by atoms with Crippen LogP contribution >= 0.6 is 11.3 Å². The number of anilines is 2. The Labute approximate surface area is 148 Å². The van der Waals surface area contributed by atoms with Crippen LogP contribution in [0.15, 0.2) is 29.6 Å². The zero-order valence-corrected chi connectivity index (χ0v) is 14.9. The summed E-state index contributed by atoms with van der Waals surface area (Å²) in [6.45, 7) is 4.03. The van der Waals surface area contributed by atoms with E-state index in [4.69, 9.17) is 4.74 Å². The van der Waals surface area contributed by atoms with Crippen molar-refractivity contribution in [1.82, 2.24) is 0 Å². The Morgan fingerprint density at radius 1 is 1.24 bits per heavy atom. The van der Waals surface area contributed by atoms with Gasteiger partial charge in [-0.1, -0.05) is 13.3 Å². The number of alkyl halides is 3. The highest BCUT2D eigenvalue weighted by Gasteiger charge is 2.30. The SMILES string of the molecule is CCCCOC(=O)Cc1sccc1Nc1ccc(C(F)(F)F)cc1C. The Bertz CT molecular complexity index is 725. The van der Waals surface area contributed by atoms with E-state index in [1.165, 1.54) is 17.4 Å². The first-order chi connectivity index (χ1) is 11.8. The molecule has 0 radical (unpaired) electrons. The quantitative estimate of drug-likeness (QED) is 0.501. The molecule has 1 N–H and O–H groups in total. The molecule has 0 atom stereocenters. The number of hydrogen-bond donors (Lipinski definition) is 1. The van der Waals surface area contributed by atoms with Crippen LogP contribution in [-0.4, -0.2) is 12.6 Å². The third-order valence-corrected chi connectivity index (χ3v) is 4.56. The van der Waals surface area contributed by atoms with Gasteiger partial charge in [0.25, 0.3) is 0 Å². The van der Waals surface area contributed by atoms with E-state index in [9.17, 15) is 18.0 Å². The number of halogens is 3. The number of ether oxygens (including phenoxy) is 1. The lowest BCUT2D eigenvalue weighted by molar-refractivity contribution is -0.143. The molecule has 0 saturated heterocycles. The Kier molecular flexibility index (Phi) is 6.47. The largest absolute Gasteiger partial charge is 0.465 e. The summed E-state index contributed by atoms with van der Waals surface area (Å²) in [5.74, 6) is -0.303. The summed E-state index contributed by atoms with van der Waals surface area (Å²) in [6.07, 6.45) is -2.44. The minimum absolute atomic E-state index is 0.142. The smallest absolute Gasteiger partial charge is 0.416 e. The summed E-state index contributed by atoms with van der Waals surface area (Å²) in [7, 11) is 0. The van der Waals surface area contributed by atoms with Gasteiger partial charge in [-0.2, -0.15) is 13.2 Å². The number of benzene rings is 1. The highest BCUT2D eigenvalue weighted by Crippen LogP contribution is 2.33. The van der Waals surface area contributed by atoms with Gasteiger partial charge in [-0.25, -0.2) is 0 Å². The third-order valence-electron chi connectivity index (χ3n) is 3.63. The van der Waals surface area contributed by atoms with Gasteiger partial charge in [0, 0.05) is 10.6 Å². The van der Waals surface area contributed by atoms with E-state index >= 15 is 0 Å². The predicted molar refractivity (Wildman–Crippen MR) is 93.4 cm³/mol. The minimum Gasteiger partial charge on any atom is -0.465 e. The highest BCUT2D eigenvalue weighted by molar-refractivity contribution is 7.10. The Hall–Kier alpha value is -2.02. The number of nitrogens with one attached hydrogen (secondary N) is 1. The van der Waals surface area contributed by atoms with Crippen molar-refractivity contribution in [3.05, 3.63) is 45.6 Å². The molecule has 0 fully saturated rings. The molecule has 136 valence electrons. The van der Waals surface area contributed by atoms with Crippen LogP contribution in [0.3, 0.4) is 0 Å². The van der Waals surface area contributed by atoms with Crippen molar-refractivity contribution in [2.75, 3.05) is 11.9 Å². The van der Waals surface area contributed by atoms with E-state index in [1.807, 2.05) is 12.3 Å². The first-order valence-corrected chi connectivity index (χ1v) is 8.86. The van der Waals surface area contributed by atoms with Gasteiger partial charge in [0.15, 0.2) is 0 Å². The number of rotatable bonds is 7. The maximum absolute atomic E-state index is 12.7. The molecule has 1 aromatic heterocycles. The molecule has 2 rings (SSSR count). The molecule has 0 aliphatic rings. The summed E-state index contributed by atoms with van der Waals surface area (Å²) >= 11 is 1.41. The molecule has 3 nitrogen and oxygen atoms in total. The summed E-state index contributed by atoms with van der Waals surface area (Å²) in [5.41, 5.74) is 1.09. The molecular formula is C18H20F3NO2S. The molecule has 1 aromatic carbocycles. The zero-order valence-electron chi connectivity index (χ0n) is 14.1. The van der Waals surface area contributed by atoms with Gasteiger partial charge < -0.3 is 10.1 Å². The molecule has 7 heteroatoms. The van der Waals surface area contributed by atoms with Crippen molar-refractivity contribution in [2.24, 2.45) is 0 Å². The van der Waals surface area contributed by atoms with Crippen molar-refractivity contribution in [2.45, 2.75) is 39.3 Å². The molecule has 25 heavy (non-hydrogen) atoms. The fourth-order valence-corrected chi connectivity index (χ4v) is 3.04. The van der Waals surface area contributed by atoms with Gasteiger partial charge in [-0.3, -0.25) is 4.79 Å². The van der Waals surface area contributed by atoms with Crippen LogP contribution in [0.2, 0.25) is 0 Å².